The molecule has 32 heavy (non-hydrogen) atoms. The number of para-hydroxylation sites is 1. The van der Waals surface area contributed by atoms with E-state index in [1.54, 1.807) is 4.90 Å². The number of hydrogen-bond donors (Lipinski definition) is 2. The van der Waals surface area contributed by atoms with Crippen LogP contribution >= 0.6 is 0 Å². The molecule has 0 atom stereocenters. The third-order valence-electron chi connectivity index (χ3n) is 5.50. The Morgan fingerprint density at radius 2 is 1.69 bits per heavy atom. The van der Waals surface area contributed by atoms with E-state index in [4.69, 9.17) is 0 Å². The van der Waals surface area contributed by atoms with Crippen LogP contribution in [0.5, 0.6) is 0 Å². The first-order chi connectivity index (χ1) is 15.5. The van der Waals surface area contributed by atoms with Gasteiger partial charge in [0.1, 0.15) is 0 Å². The molecule has 4 rings (SSSR count). The van der Waals surface area contributed by atoms with Gasteiger partial charge in [0, 0.05) is 23.3 Å². The number of anilines is 1. The van der Waals surface area contributed by atoms with E-state index < -0.39 is 0 Å². The second kappa shape index (κ2) is 9.52. The summed E-state index contributed by atoms with van der Waals surface area (Å²) in [7, 11) is 0. The van der Waals surface area contributed by atoms with Crippen molar-refractivity contribution in [2.24, 2.45) is 0 Å². The van der Waals surface area contributed by atoms with Gasteiger partial charge in [0.2, 0.25) is 0 Å². The highest BCUT2D eigenvalue weighted by Gasteiger charge is 2.17. The number of pyridine rings is 1. The van der Waals surface area contributed by atoms with Crippen LogP contribution in [0.4, 0.5) is 10.5 Å². The second-order valence-electron chi connectivity index (χ2n) is 8.17. The van der Waals surface area contributed by atoms with Crippen LogP contribution in [0.2, 0.25) is 0 Å². The summed E-state index contributed by atoms with van der Waals surface area (Å²) < 4.78 is 0. The van der Waals surface area contributed by atoms with Crippen LogP contribution < -0.4 is 10.9 Å². The molecule has 0 aliphatic carbocycles. The average Bonchev–Trinajstić information content (AvgIpc) is 2.77. The van der Waals surface area contributed by atoms with E-state index in [2.05, 4.69) is 35.4 Å². The normalized spacial score (nSPS) is 10.8. The smallest absolute Gasteiger partial charge is 0.322 e. The Morgan fingerprint density at radius 1 is 0.906 bits per heavy atom. The third-order valence-corrected chi connectivity index (χ3v) is 5.50. The van der Waals surface area contributed by atoms with Crippen LogP contribution in [-0.2, 0) is 13.0 Å². The maximum Gasteiger partial charge on any atom is 0.322 e. The Bertz CT molecular complexity index is 1300. The lowest BCUT2D eigenvalue weighted by Crippen LogP contribution is -2.37. The van der Waals surface area contributed by atoms with Crippen LogP contribution in [0.25, 0.3) is 10.9 Å². The summed E-state index contributed by atoms with van der Waals surface area (Å²) in [5.41, 5.74) is 5.35. The van der Waals surface area contributed by atoms with Crippen molar-refractivity contribution < 1.29 is 4.79 Å². The minimum atomic E-state index is -0.229. The van der Waals surface area contributed by atoms with E-state index >= 15 is 0 Å². The first-order valence-corrected chi connectivity index (χ1v) is 10.8. The van der Waals surface area contributed by atoms with Crippen molar-refractivity contribution in [2.75, 3.05) is 11.9 Å². The molecule has 0 fully saturated rings. The maximum absolute atomic E-state index is 13.1. The topological polar surface area (TPSA) is 65.2 Å². The lowest BCUT2D eigenvalue weighted by Gasteiger charge is -2.23. The Kier molecular flexibility index (Phi) is 6.36. The van der Waals surface area contributed by atoms with Crippen molar-refractivity contribution in [1.82, 2.24) is 9.88 Å². The van der Waals surface area contributed by atoms with E-state index in [-0.39, 0.29) is 18.1 Å². The summed E-state index contributed by atoms with van der Waals surface area (Å²) in [6.07, 6.45) is 0.703. The van der Waals surface area contributed by atoms with Gasteiger partial charge in [-0.1, -0.05) is 60.2 Å². The van der Waals surface area contributed by atoms with Crippen molar-refractivity contribution in [3.8, 4) is 0 Å². The van der Waals surface area contributed by atoms with Gasteiger partial charge in [0.05, 0.1) is 6.54 Å². The van der Waals surface area contributed by atoms with Gasteiger partial charge in [-0.3, -0.25) is 4.79 Å². The van der Waals surface area contributed by atoms with E-state index in [1.165, 1.54) is 5.56 Å². The largest absolute Gasteiger partial charge is 0.322 e. The summed E-state index contributed by atoms with van der Waals surface area (Å²) in [5.74, 6) is 0. The number of fused-ring (bicyclic) bond motifs is 1. The number of benzene rings is 3. The molecule has 162 valence electrons. The Balaban J connectivity index is 1.59. The van der Waals surface area contributed by atoms with Crippen LogP contribution in [0.15, 0.2) is 83.7 Å². The van der Waals surface area contributed by atoms with Crippen molar-refractivity contribution in [2.45, 2.75) is 26.8 Å². The molecule has 5 heteroatoms. The molecule has 4 aromatic rings. The fourth-order valence-corrected chi connectivity index (χ4v) is 3.79. The third kappa shape index (κ3) is 5.24. The molecule has 0 aliphatic heterocycles. The summed E-state index contributed by atoms with van der Waals surface area (Å²) in [6.45, 7) is 4.77. The number of nitrogens with one attached hydrogen (secondary N) is 2. The monoisotopic (exact) mass is 425 g/mol. The number of aryl methyl sites for hydroxylation is 2. The van der Waals surface area contributed by atoms with Gasteiger partial charge >= 0.3 is 6.03 Å². The van der Waals surface area contributed by atoms with Gasteiger partial charge in [-0.15, -0.1) is 0 Å². The maximum atomic E-state index is 13.1. The highest BCUT2D eigenvalue weighted by Crippen LogP contribution is 2.16. The predicted molar refractivity (Wildman–Crippen MR) is 130 cm³/mol. The fraction of sp³-hybridized carbons (Fsp3) is 0.185. The molecular formula is C27H27N3O2. The van der Waals surface area contributed by atoms with Crippen LogP contribution in [0, 0.1) is 13.8 Å². The quantitative estimate of drug-likeness (QED) is 0.433. The lowest BCUT2D eigenvalue weighted by molar-refractivity contribution is 0.209. The van der Waals surface area contributed by atoms with Gasteiger partial charge in [0.25, 0.3) is 5.56 Å². The minimum absolute atomic E-state index is 0.170. The molecule has 2 N–H and O–H groups in total. The molecule has 1 heterocycles. The fourth-order valence-electron chi connectivity index (χ4n) is 3.79. The molecule has 0 bridgehead atoms. The highest BCUT2D eigenvalue weighted by molar-refractivity contribution is 5.89. The Morgan fingerprint density at radius 3 is 2.47 bits per heavy atom. The molecule has 0 aliphatic rings. The van der Waals surface area contributed by atoms with Gasteiger partial charge < -0.3 is 15.2 Å². The average molecular weight is 426 g/mol. The van der Waals surface area contributed by atoms with Crippen molar-refractivity contribution >= 4 is 22.6 Å². The summed E-state index contributed by atoms with van der Waals surface area (Å²) in [5, 5.41) is 3.90. The van der Waals surface area contributed by atoms with Gasteiger partial charge in [-0.2, -0.15) is 0 Å². The SMILES string of the molecule is Cc1cccc(CCN(Cc2cc3ccc(C)cc3[nH]c2=O)C(=O)Nc2ccccc2)c1. The molecule has 0 radical (unpaired) electrons. The van der Waals surface area contributed by atoms with Crippen molar-refractivity contribution in [3.05, 3.63) is 111 Å². The number of carbonyl (C=O) groups is 1. The van der Waals surface area contributed by atoms with E-state index in [9.17, 15) is 9.59 Å². The molecule has 0 unspecified atom stereocenters. The number of aromatic amines is 1. The molecule has 5 nitrogen and oxygen atoms in total. The zero-order valence-electron chi connectivity index (χ0n) is 18.4. The predicted octanol–water partition coefficient (Wildman–Crippen LogP) is 5.42. The van der Waals surface area contributed by atoms with E-state index in [0.717, 1.165) is 27.7 Å². The molecule has 0 saturated carbocycles. The number of nitrogens with zero attached hydrogens (tertiary/aromatic N) is 1. The van der Waals surface area contributed by atoms with Gasteiger partial charge in [0.15, 0.2) is 0 Å². The number of urea groups is 1. The summed E-state index contributed by atoms with van der Waals surface area (Å²) >= 11 is 0. The number of H-pyrrole nitrogens is 1. The zero-order chi connectivity index (χ0) is 22.5. The first-order valence-electron chi connectivity index (χ1n) is 10.8. The van der Waals surface area contributed by atoms with E-state index in [0.29, 0.717) is 18.5 Å². The first kappa shape index (κ1) is 21.4. The zero-order valence-corrected chi connectivity index (χ0v) is 18.4. The second-order valence-corrected chi connectivity index (χ2v) is 8.17. The Hall–Kier alpha value is -3.86. The molecular weight excluding hydrogens is 398 g/mol. The molecule has 0 spiro atoms. The number of carbonyl (C=O) groups excluding carboxylic acids is 1. The molecule has 2 amide bonds. The minimum Gasteiger partial charge on any atom is -0.322 e. The highest BCUT2D eigenvalue weighted by atomic mass is 16.2. The summed E-state index contributed by atoms with van der Waals surface area (Å²) in [4.78, 5) is 30.5. The molecule has 3 aromatic carbocycles. The number of aromatic nitrogens is 1. The Labute approximate surface area is 187 Å². The lowest BCUT2D eigenvalue weighted by atomic mass is 10.1. The number of amides is 2. The van der Waals surface area contributed by atoms with Crippen molar-refractivity contribution in [1.29, 1.82) is 0 Å². The van der Waals surface area contributed by atoms with Gasteiger partial charge in [-0.05, 0) is 61.0 Å². The van der Waals surface area contributed by atoms with Crippen LogP contribution in [-0.4, -0.2) is 22.5 Å². The van der Waals surface area contributed by atoms with Gasteiger partial charge in [-0.25, -0.2) is 4.79 Å². The van der Waals surface area contributed by atoms with E-state index in [1.807, 2.05) is 67.6 Å². The van der Waals surface area contributed by atoms with Crippen molar-refractivity contribution in [3.63, 3.8) is 0 Å². The molecule has 0 saturated heterocycles. The van der Waals surface area contributed by atoms with Crippen LogP contribution in [0.1, 0.15) is 22.3 Å². The summed E-state index contributed by atoms with van der Waals surface area (Å²) in [6, 6.07) is 25.2. The van der Waals surface area contributed by atoms with Crippen LogP contribution in [0.3, 0.4) is 0 Å². The standard InChI is InChI=1S/C27H27N3O2/c1-19-7-6-8-21(15-19)13-14-30(27(32)28-24-9-4-3-5-10-24)18-23-17-22-12-11-20(2)16-25(22)29-26(23)31/h3-12,15-17H,13-14,18H2,1-2H3,(H,28,32)(H,29,31). The number of rotatable bonds is 6. The molecule has 1 aromatic heterocycles. The number of hydrogen-bond acceptors (Lipinski definition) is 2.